The fraction of sp³-hybridized carbons (Fsp3) is 0.267. The second-order valence-corrected chi connectivity index (χ2v) is 12.1. The van der Waals surface area contributed by atoms with Crippen LogP contribution in [0.3, 0.4) is 0 Å². The van der Waals surface area contributed by atoms with Crippen molar-refractivity contribution in [1.82, 2.24) is 19.5 Å². The van der Waals surface area contributed by atoms with Crippen LogP contribution in [0.5, 0.6) is 0 Å². The first-order valence-corrected chi connectivity index (χ1v) is 14.5. The average Bonchev–Trinajstić information content (AvgIpc) is 3.19. The first-order chi connectivity index (χ1) is 18.9. The fourth-order valence-corrected chi connectivity index (χ4v) is 7.39. The molecule has 1 atom stereocenters. The van der Waals surface area contributed by atoms with Crippen LogP contribution >= 0.6 is 0 Å². The van der Waals surface area contributed by atoms with Gasteiger partial charge in [0, 0.05) is 31.2 Å². The van der Waals surface area contributed by atoms with Gasteiger partial charge in [-0.1, -0.05) is 60.7 Å². The van der Waals surface area contributed by atoms with Gasteiger partial charge >= 0.3 is 0 Å². The Kier molecular flexibility index (Phi) is 6.66. The van der Waals surface area contributed by atoms with Gasteiger partial charge in [0.05, 0.1) is 17.2 Å². The van der Waals surface area contributed by atoms with Gasteiger partial charge in [0.25, 0.3) is 0 Å². The lowest BCUT2D eigenvalue weighted by Gasteiger charge is -2.44. The second-order valence-electron chi connectivity index (χ2n) is 10.2. The van der Waals surface area contributed by atoms with Crippen molar-refractivity contribution in [3.05, 3.63) is 108 Å². The smallest absolute Gasteiger partial charge is 0.245 e. The highest BCUT2D eigenvalue weighted by Gasteiger charge is 2.52. The number of hydrogen-bond acceptors (Lipinski definition) is 5. The second kappa shape index (κ2) is 10.1. The number of para-hydroxylation sites is 1. The van der Waals surface area contributed by atoms with E-state index in [1.54, 1.807) is 36.5 Å². The summed E-state index contributed by atoms with van der Waals surface area (Å²) in [4.78, 5) is 20.1. The van der Waals surface area contributed by atoms with Gasteiger partial charge in [-0.05, 0) is 54.7 Å². The van der Waals surface area contributed by atoms with Crippen LogP contribution in [-0.4, -0.2) is 53.3 Å². The molecule has 3 aromatic carbocycles. The van der Waals surface area contributed by atoms with E-state index in [1.807, 2.05) is 47.4 Å². The molecule has 0 bridgehead atoms. The zero-order valence-electron chi connectivity index (χ0n) is 21.3. The maximum atomic E-state index is 13.8. The Hall–Kier alpha value is -3.66. The monoisotopic (exact) mass is 544 g/mol. The first-order valence-electron chi connectivity index (χ1n) is 13.1. The number of amides is 1. The molecular weight excluding hydrogens is 515 g/mol. The average molecular weight is 545 g/mol. The number of halogens is 1. The summed E-state index contributed by atoms with van der Waals surface area (Å²) in [5, 5.41) is 4.36. The molecule has 2 saturated heterocycles. The molecule has 39 heavy (non-hydrogen) atoms. The Bertz CT molecular complexity index is 1600. The summed E-state index contributed by atoms with van der Waals surface area (Å²) in [6.07, 6.45) is 3.00. The summed E-state index contributed by atoms with van der Waals surface area (Å²) in [5.74, 6) is -0.361. The summed E-state index contributed by atoms with van der Waals surface area (Å²) in [7, 11) is -3.79. The predicted molar refractivity (Wildman–Crippen MR) is 146 cm³/mol. The summed E-state index contributed by atoms with van der Waals surface area (Å²) in [5.41, 5.74) is 1.62. The highest BCUT2D eigenvalue weighted by Crippen LogP contribution is 2.37. The summed E-state index contributed by atoms with van der Waals surface area (Å²) >= 11 is 0. The van der Waals surface area contributed by atoms with E-state index in [2.05, 4.69) is 10.3 Å². The number of benzene rings is 3. The lowest BCUT2D eigenvalue weighted by Crippen LogP contribution is -2.59. The van der Waals surface area contributed by atoms with Crippen molar-refractivity contribution in [3.8, 4) is 0 Å². The minimum absolute atomic E-state index is 0.0299. The van der Waals surface area contributed by atoms with Crippen molar-refractivity contribution in [2.75, 3.05) is 13.1 Å². The largest absolute Gasteiger partial charge is 0.319 e. The number of piperidine rings is 1. The number of nitrogens with one attached hydrogen (secondary N) is 1. The van der Waals surface area contributed by atoms with Crippen molar-refractivity contribution in [3.63, 3.8) is 0 Å². The van der Waals surface area contributed by atoms with Crippen LogP contribution in [0.1, 0.15) is 24.0 Å². The van der Waals surface area contributed by atoms with E-state index in [4.69, 9.17) is 0 Å². The Morgan fingerprint density at radius 2 is 1.62 bits per heavy atom. The molecule has 2 aliphatic heterocycles. The van der Waals surface area contributed by atoms with E-state index in [-0.39, 0.29) is 29.7 Å². The number of carbonyl (C=O) groups excluding carboxylic acids is 1. The zero-order valence-corrected chi connectivity index (χ0v) is 22.1. The molecule has 1 N–H and O–H groups in total. The van der Waals surface area contributed by atoms with E-state index in [0.717, 1.165) is 16.5 Å². The van der Waals surface area contributed by atoms with E-state index >= 15 is 0 Å². The predicted octanol–water partition coefficient (Wildman–Crippen LogP) is 4.10. The summed E-state index contributed by atoms with van der Waals surface area (Å²) in [6.45, 7) is 0.824. The third kappa shape index (κ3) is 4.82. The number of aromatic nitrogens is 1. The topological polar surface area (TPSA) is 82.6 Å². The minimum atomic E-state index is -3.79. The van der Waals surface area contributed by atoms with Gasteiger partial charge in [-0.3, -0.25) is 15.1 Å². The van der Waals surface area contributed by atoms with Gasteiger partial charge in [0.15, 0.2) is 0 Å². The molecule has 2 fully saturated rings. The highest BCUT2D eigenvalue weighted by molar-refractivity contribution is 7.89. The van der Waals surface area contributed by atoms with Crippen LogP contribution in [0, 0.1) is 5.82 Å². The maximum Gasteiger partial charge on any atom is 0.245 e. The van der Waals surface area contributed by atoms with Gasteiger partial charge in [-0.25, -0.2) is 12.8 Å². The molecule has 7 nitrogen and oxygen atoms in total. The molecule has 2 aliphatic rings. The molecule has 0 aliphatic carbocycles. The number of rotatable bonds is 6. The normalized spacial score (nSPS) is 19.7. The Balaban J connectivity index is 1.27. The SMILES string of the molecule is O=C1C(Cc2ccccc2)NC2(CCN(S(=O)(=O)c3cccc4cccnc34)CC2)N1Cc1ccc(F)cc1. The third-order valence-corrected chi connectivity index (χ3v) is 9.75. The minimum Gasteiger partial charge on any atom is -0.319 e. The zero-order chi connectivity index (χ0) is 27.0. The van der Waals surface area contributed by atoms with Crippen molar-refractivity contribution in [1.29, 1.82) is 0 Å². The Morgan fingerprint density at radius 3 is 2.36 bits per heavy atom. The van der Waals surface area contributed by atoms with Crippen LogP contribution in [0.15, 0.2) is 96.0 Å². The van der Waals surface area contributed by atoms with E-state index in [0.29, 0.717) is 31.3 Å². The number of fused-ring (bicyclic) bond motifs is 1. The van der Waals surface area contributed by atoms with Gasteiger partial charge in [0.1, 0.15) is 10.7 Å². The van der Waals surface area contributed by atoms with Gasteiger partial charge in [0.2, 0.25) is 15.9 Å². The van der Waals surface area contributed by atoms with E-state index in [1.165, 1.54) is 16.4 Å². The molecule has 1 aromatic heterocycles. The van der Waals surface area contributed by atoms with E-state index in [9.17, 15) is 17.6 Å². The van der Waals surface area contributed by atoms with Crippen molar-refractivity contribution < 1.29 is 17.6 Å². The molecule has 4 aromatic rings. The van der Waals surface area contributed by atoms with Crippen LogP contribution < -0.4 is 5.32 Å². The first kappa shape index (κ1) is 25.6. The molecule has 0 radical (unpaired) electrons. The third-order valence-electron chi connectivity index (χ3n) is 7.82. The van der Waals surface area contributed by atoms with Gasteiger partial charge in [-0.2, -0.15) is 4.31 Å². The van der Waals surface area contributed by atoms with Crippen LogP contribution in [0.4, 0.5) is 4.39 Å². The fourth-order valence-electron chi connectivity index (χ4n) is 5.79. The number of carbonyl (C=O) groups is 1. The van der Waals surface area contributed by atoms with Crippen LogP contribution in [-0.2, 0) is 27.8 Å². The molecule has 0 saturated carbocycles. The number of pyridine rings is 1. The Morgan fingerprint density at radius 1 is 0.897 bits per heavy atom. The highest BCUT2D eigenvalue weighted by atomic mass is 32.2. The molecule has 6 rings (SSSR count). The standard InChI is InChI=1S/C30H29FN4O3S/c31-25-13-11-23(12-14-25)21-35-29(36)26(20-22-6-2-1-3-7-22)33-30(35)15-18-34(19-16-30)39(37,38)27-10-4-8-24-9-5-17-32-28(24)27/h1-14,17,26,33H,15-16,18-21H2. The lowest BCUT2D eigenvalue weighted by atomic mass is 9.96. The summed E-state index contributed by atoms with van der Waals surface area (Å²) < 4.78 is 42.5. The van der Waals surface area contributed by atoms with Crippen molar-refractivity contribution in [2.24, 2.45) is 0 Å². The van der Waals surface area contributed by atoms with Crippen LogP contribution in [0.25, 0.3) is 10.9 Å². The quantitative estimate of drug-likeness (QED) is 0.395. The number of nitrogens with zero attached hydrogens (tertiary/aromatic N) is 3. The molecule has 1 amide bonds. The van der Waals surface area contributed by atoms with Gasteiger partial charge in [-0.15, -0.1) is 0 Å². The maximum absolute atomic E-state index is 13.8. The van der Waals surface area contributed by atoms with Crippen molar-refractivity contribution >= 4 is 26.8 Å². The number of sulfonamides is 1. The van der Waals surface area contributed by atoms with E-state index < -0.39 is 21.7 Å². The molecule has 1 unspecified atom stereocenters. The molecule has 200 valence electrons. The molecular formula is C30H29FN4O3S. The molecule has 3 heterocycles. The Labute approximate surface area is 227 Å². The van der Waals surface area contributed by atoms with Crippen molar-refractivity contribution in [2.45, 2.75) is 42.4 Å². The van der Waals surface area contributed by atoms with Crippen LogP contribution in [0.2, 0.25) is 0 Å². The lowest BCUT2D eigenvalue weighted by molar-refractivity contribution is -0.134. The molecule has 1 spiro atoms. The molecule has 9 heteroatoms. The van der Waals surface area contributed by atoms with Gasteiger partial charge < -0.3 is 4.90 Å². The summed E-state index contributed by atoms with van der Waals surface area (Å²) in [6, 6.07) is 24.4. The number of hydrogen-bond donors (Lipinski definition) is 1.